The fourth-order valence-corrected chi connectivity index (χ4v) is 2.91. The fourth-order valence-electron chi connectivity index (χ4n) is 2.50. The topological polar surface area (TPSA) is 77.2 Å². The van der Waals surface area contributed by atoms with Gasteiger partial charge in [-0.25, -0.2) is 4.98 Å². The van der Waals surface area contributed by atoms with E-state index in [1.807, 2.05) is 61.7 Å². The molecule has 3 aromatic rings. The molecule has 6 heteroatoms. The molecule has 0 aliphatic rings. The van der Waals surface area contributed by atoms with Crippen LogP contribution in [0.1, 0.15) is 21.6 Å². The van der Waals surface area contributed by atoms with Gasteiger partial charge in [-0.15, -0.1) is 11.8 Å². The molecule has 0 bridgehead atoms. The molecule has 0 saturated carbocycles. The Balaban J connectivity index is 1.57. The van der Waals surface area contributed by atoms with E-state index in [1.54, 1.807) is 23.9 Å². The summed E-state index contributed by atoms with van der Waals surface area (Å²) in [4.78, 5) is 17.6. The van der Waals surface area contributed by atoms with Crippen molar-refractivity contribution < 1.29 is 9.53 Å². The third-order valence-corrected chi connectivity index (χ3v) is 4.72. The molecule has 0 spiro atoms. The highest BCUT2D eigenvalue weighted by Crippen LogP contribution is 2.24. The second kappa shape index (κ2) is 8.60. The van der Waals surface area contributed by atoms with Crippen molar-refractivity contribution >= 4 is 23.5 Å². The zero-order valence-electron chi connectivity index (χ0n) is 15.2. The monoisotopic (exact) mass is 379 g/mol. The minimum Gasteiger partial charge on any atom is -0.457 e. The molecule has 0 unspecified atom stereocenters. The van der Waals surface area contributed by atoms with Gasteiger partial charge < -0.3 is 15.8 Å². The van der Waals surface area contributed by atoms with E-state index < -0.39 is 0 Å². The molecule has 3 rings (SSSR count). The Morgan fingerprint density at radius 1 is 1.04 bits per heavy atom. The molecule has 1 heterocycles. The number of carbonyl (C=O) groups excluding carboxylic acids is 1. The smallest absolute Gasteiger partial charge is 0.255 e. The number of anilines is 1. The van der Waals surface area contributed by atoms with Crippen LogP contribution in [-0.2, 0) is 6.54 Å². The SMILES string of the molecule is CSc1ccc(Oc2ccc(CNC(=O)c3ccc(C)nc3N)cc2)cc1. The first kappa shape index (κ1) is 18.8. The maximum Gasteiger partial charge on any atom is 0.255 e. The molecule has 0 radical (unpaired) electrons. The number of pyridine rings is 1. The zero-order valence-corrected chi connectivity index (χ0v) is 16.0. The highest BCUT2D eigenvalue weighted by Gasteiger charge is 2.10. The van der Waals surface area contributed by atoms with Crippen LogP contribution < -0.4 is 15.8 Å². The number of thioether (sulfide) groups is 1. The van der Waals surface area contributed by atoms with E-state index in [9.17, 15) is 4.79 Å². The number of aromatic nitrogens is 1. The lowest BCUT2D eigenvalue weighted by atomic mass is 10.2. The van der Waals surface area contributed by atoms with Crippen molar-refractivity contribution in [2.24, 2.45) is 0 Å². The Morgan fingerprint density at radius 2 is 1.67 bits per heavy atom. The molecular formula is C21H21N3O2S. The van der Waals surface area contributed by atoms with Crippen molar-refractivity contribution in [1.82, 2.24) is 10.3 Å². The van der Waals surface area contributed by atoms with Crippen LogP contribution in [0.15, 0.2) is 65.6 Å². The van der Waals surface area contributed by atoms with Gasteiger partial charge in [0.2, 0.25) is 0 Å². The van der Waals surface area contributed by atoms with E-state index in [0.29, 0.717) is 12.1 Å². The van der Waals surface area contributed by atoms with Crippen LogP contribution >= 0.6 is 11.8 Å². The fraction of sp³-hybridized carbons (Fsp3) is 0.143. The Kier molecular flexibility index (Phi) is 5.98. The van der Waals surface area contributed by atoms with Gasteiger partial charge in [-0.1, -0.05) is 12.1 Å². The average Bonchev–Trinajstić information content (AvgIpc) is 2.68. The minimum atomic E-state index is -0.241. The van der Waals surface area contributed by atoms with Gasteiger partial charge in [0.1, 0.15) is 17.3 Å². The number of benzene rings is 2. The molecule has 0 aliphatic carbocycles. The van der Waals surface area contributed by atoms with Crippen LogP contribution in [0.3, 0.4) is 0 Å². The van der Waals surface area contributed by atoms with E-state index in [1.165, 1.54) is 4.90 Å². The number of ether oxygens (including phenoxy) is 1. The highest BCUT2D eigenvalue weighted by atomic mass is 32.2. The zero-order chi connectivity index (χ0) is 19.2. The molecule has 27 heavy (non-hydrogen) atoms. The first-order valence-electron chi connectivity index (χ1n) is 8.47. The third-order valence-electron chi connectivity index (χ3n) is 3.98. The molecule has 0 aliphatic heterocycles. The van der Waals surface area contributed by atoms with Crippen LogP contribution in [0.5, 0.6) is 11.5 Å². The number of nitrogens with zero attached hydrogens (tertiary/aromatic N) is 1. The van der Waals surface area contributed by atoms with Crippen LogP contribution in [-0.4, -0.2) is 17.1 Å². The van der Waals surface area contributed by atoms with Crippen LogP contribution in [0.25, 0.3) is 0 Å². The minimum absolute atomic E-state index is 0.240. The van der Waals surface area contributed by atoms with E-state index in [4.69, 9.17) is 10.5 Å². The summed E-state index contributed by atoms with van der Waals surface area (Å²) in [6.07, 6.45) is 2.04. The van der Waals surface area contributed by atoms with Gasteiger partial charge in [-0.3, -0.25) is 4.79 Å². The second-order valence-corrected chi connectivity index (χ2v) is 6.87. The maximum absolute atomic E-state index is 12.3. The van der Waals surface area contributed by atoms with Gasteiger partial charge in [0.25, 0.3) is 5.91 Å². The van der Waals surface area contributed by atoms with E-state index >= 15 is 0 Å². The lowest BCUT2D eigenvalue weighted by molar-refractivity contribution is 0.0951. The first-order chi connectivity index (χ1) is 13.0. The number of amides is 1. The van der Waals surface area contributed by atoms with Crippen molar-refractivity contribution in [2.75, 3.05) is 12.0 Å². The molecule has 2 aromatic carbocycles. The first-order valence-corrected chi connectivity index (χ1v) is 9.70. The molecule has 1 amide bonds. The quantitative estimate of drug-likeness (QED) is 0.620. The Bertz CT molecular complexity index is 925. The van der Waals surface area contributed by atoms with Gasteiger partial charge in [-0.05, 0) is 67.3 Å². The van der Waals surface area contributed by atoms with E-state index in [0.717, 1.165) is 22.8 Å². The summed E-state index contributed by atoms with van der Waals surface area (Å²) in [7, 11) is 0. The average molecular weight is 379 g/mol. The summed E-state index contributed by atoms with van der Waals surface area (Å²) in [5.74, 6) is 1.53. The summed E-state index contributed by atoms with van der Waals surface area (Å²) in [5.41, 5.74) is 7.94. The van der Waals surface area contributed by atoms with Crippen molar-refractivity contribution in [3.63, 3.8) is 0 Å². The molecule has 5 nitrogen and oxygen atoms in total. The van der Waals surface area contributed by atoms with Crippen LogP contribution in [0.4, 0.5) is 5.82 Å². The van der Waals surface area contributed by atoms with E-state index in [2.05, 4.69) is 10.3 Å². The number of aryl methyl sites for hydroxylation is 1. The van der Waals surface area contributed by atoms with E-state index in [-0.39, 0.29) is 11.7 Å². The van der Waals surface area contributed by atoms with Crippen LogP contribution in [0, 0.1) is 6.92 Å². The number of hydrogen-bond donors (Lipinski definition) is 2. The number of nitrogens with two attached hydrogens (primary N) is 1. The van der Waals surface area contributed by atoms with Crippen molar-refractivity contribution in [1.29, 1.82) is 0 Å². The summed E-state index contributed by atoms with van der Waals surface area (Å²) in [6.45, 7) is 2.23. The molecule has 1 aromatic heterocycles. The van der Waals surface area contributed by atoms with Crippen molar-refractivity contribution in [3.05, 3.63) is 77.5 Å². The number of carbonyl (C=O) groups is 1. The summed E-state index contributed by atoms with van der Waals surface area (Å²) in [5, 5.41) is 2.86. The molecule has 0 fully saturated rings. The lowest BCUT2D eigenvalue weighted by Gasteiger charge is -2.09. The standard InChI is InChI=1S/C21H21N3O2S/c1-14-3-12-19(20(22)24-14)21(25)23-13-15-4-6-16(7-5-15)26-17-8-10-18(27-2)11-9-17/h3-12H,13H2,1-2H3,(H2,22,24)(H,23,25). The van der Waals surface area contributed by atoms with Gasteiger partial charge in [0, 0.05) is 17.1 Å². The number of nitrogens with one attached hydrogen (secondary N) is 1. The van der Waals surface area contributed by atoms with Gasteiger partial charge in [0.15, 0.2) is 0 Å². The molecular weight excluding hydrogens is 358 g/mol. The highest BCUT2D eigenvalue weighted by molar-refractivity contribution is 7.98. The number of rotatable bonds is 6. The summed E-state index contributed by atoms with van der Waals surface area (Å²) < 4.78 is 5.83. The Hall–Kier alpha value is -2.99. The summed E-state index contributed by atoms with van der Waals surface area (Å²) >= 11 is 1.69. The van der Waals surface area contributed by atoms with Crippen molar-refractivity contribution in [3.8, 4) is 11.5 Å². The maximum atomic E-state index is 12.3. The number of nitrogen functional groups attached to an aromatic ring is 1. The Morgan fingerprint density at radius 3 is 2.26 bits per heavy atom. The van der Waals surface area contributed by atoms with Gasteiger partial charge in [0.05, 0.1) is 5.56 Å². The third kappa shape index (κ3) is 5.01. The lowest BCUT2D eigenvalue weighted by Crippen LogP contribution is -2.24. The molecule has 138 valence electrons. The Labute approximate surface area is 163 Å². The normalized spacial score (nSPS) is 10.4. The second-order valence-electron chi connectivity index (χ2n) is 5.99. The molecule has 0 atom stereocenters. The van der Waals surface area contributed by atoms with Crippen LogP contribution in [0.2, 0.25) is 0 Å². The number of hydrogen-bond acceptors (Lipinski definition) is 5. The predicted octanol–water partition coefficient (Wildman–Crippen LogP) is 4.42. The molecule has 0 saturated heterocycles. The summed E-state index contributed by atoms with van der Waals surface area (Å²) in [6, 6.07) is 19.0. The predicted molar refractivity (Wildman–Crippen MR) is 109 cm³/mol. The molecule has 3 N–H and O–H groups in total. The van der Waals surface area contributed by atoms with Gasteiger partial charge >= 0.3 is 0 Å². The van der Waals surface area contributed by atoms with Gasteiger partial charge in [-0.2, -0.15) is 0 Å². The largest absolute Gasteiger partial charge is 0.457 e. The van der Waals surface area contributed by atoms with Crippen molar-refractivity contribution in [2.45, 2.75) is 18.4 Å².